The van der Waals surface area contributed by atoms with E-state index in [1.54, 1.807) is 44.2 Å². The maximum absolute atomic E-state index is 12.4. The summed E-state index contributed by atoms with van der Waals surface area (Å²) < 4.78 is 22.3. The quantitative estimate of drug-likeness (QED) is 0.0830. The number of rotatable bonds is 13. The largest absolute Gasteiger partial charge is 0.490 e. The van der Waals surface area contributed by atoms with Gasteiger partial charge in [-0.2, -0.15) is 5.10 Å². The van der Waals surface area contributed by atoms with Crippen molar-refractivity contribution < 1.29 is 33.6 Å². The van der Waals surface area contributed by atoms with Crippen LogP contribution in [0.4, 0.5) is 4.79 Å². The summed E-state index contributed by atoms with van der Waals surface area (Å²) in [5.74, 6) is 0.480. The molecule has 0 saturated carbocycles. The standard InChI is InChI=1S/C32H34Cl2N4O7/c1-5-43-26-14-22(29-28(31(40)42-4)19(3)36-32(41)37-29)10-11-25(26)44-17-27(39)38-35-15-21-12-23(33)30(24(34)13-21)45-16-20-8-6-18(2)7-9-20/h6-15,27,29,38-39H,5,16-17H2,1-4H3,(H2,36,37,41)/b35-15-/t27-,29-/m1/s1. The summed E-state index contributed by atoms with van der Waals surface area (Å²) in [5.41, 5.74) is 6.53. The van der Waals surface area contributed by atoms with Crippen molar-refractivity contribution in [2.45, 2.75) is 39.6 Å². The van der Waals surface area contributed by atoms with E-state index in [0.29, 0.717) is 57.3 Å². The minimum atomic E-state index is -1.18. The third-order valence-corrected chi connectivity index (χ3v) is 7.20. The van der Waals surface area contributed by atoms with Crippen LogP contribution in [-0.4, -0.2) is 49.9 Å². The number of aliphatic hydroxyl groups excluding tert-OH is 1. The predicted octanol–water partition coefficient (Wildman–Crippen LogP) is 5.40. The van der Waals surface area contributed by atoms with E-state index in [-0.39, 0.29) is 12.2 Å². The van der Waals surface area contributed by atoms with E-state index in [9.17, 15) is 14.7 Å². The number of ether oxygens (including phenoxy) is 4. The van der Waals surface area contributed by atoms with Crippen LogP contribution in [0.15, 0.2) is 71.0 Å². The van der Waals surface area contributed by atoms with Crippen molar-refractivity contribution in [3.8, 4) is 17.2 Å². The van der Waals surface area contributed by atoms with Gasteiger partial charge in [0.05, 0.1) is 41.6 Å². The van der Waals surface area contributed by atoms with Gasteiger partial charge in [0.2, 0.25) is 0 Å². The minimum Gasteiger partial charge on any atom is -0.490 e. The van der Waals surface area contributed by atoms with E-state index in [1.807, 2.05) is 31.2 Å². The molecule has 1 aliphatic rings. The van der Waals surface area contributed by atoms with Crippen LogP contribution >= 0.6 is 23.2 Å². The summed E-state index contributed by atoms with van der Waals surface area (Å²) in [4.78, 5) is 24.6. The Balaban J connectivity index is 1.37. The molecule has 2 atom stereocenters. The Hall–Kier alpha value is -4.45. The molecule has 4 N–H and O–H groups in total. The number of carbonyl (C=O) groups excluding carboxylic acids is 2. The molecule has 4 rings (SSSR count). The van der Waals surface area contributed by atoms with E-state index in [0.717, 1.165) is 11.1 Å². The Bertz CT molecular complexity index is 1570. The minimum absolute atomic E-state index is 0.180. The number of amides is 2. The second kappa shape index (κ2) is 15.5. The van der Waals surface area contributed by atoms with E-state index in [2.05, 4.69) is 21.2 Å². The maximum atomic E-state index is 12.4. The van der Waals surface area contributed by atoms with Crippen molar-refractivity contribution in [1.82, 2.24) is 16.1 Å². The third-order valence-electron chi connectivity index (χ3n) is 6.63. The van der Waals surface area contributed by atoms with Crippen molar-refractivity contribution in [3.05, 3.63) is 98.2 Å². The highest BCUT2D eigenvalue weighted by Gasteiger charge is 2.32. The van der Waals surface area contributed by atoms with Crippen LogP contribution in [-0.2, 0) is 16.1 Å². The average Bonchev–Trinajstić information content (AvgIpc) is 3.00. The molecule has 3 aromatic rings. The Labute approximate surface area is 271 Å². The van der Waals surface area contributed by atoms with Gasteiger partial charge in [-0.1, -0.05) is 59.1 Å². The molecule has 0 bridgehead atoms. The number of allylic oxidation sites excluding steroid dienone is 1. The number of hydrazone groups is 1. The lowest BCUT2D eigenvalue weighted by molar-refractivity contribution is -0.136. The first-order valence-corrected chi connectivity index (χ1v) is 14.7. The van der Waals surface area contributed by atoms with Gasteiger partial charge < -0.3 is 34.7 Å². The maximum Gasteiger partial charge on any atom is 0.337 e. The molecule has 0 radical (unpaired) electrons. The summed E-state index contributed by atoms with van der Waals surface area (Å²) in [6.45, 7) is 5.90. The molecule has 1 heterocycles. The number of nitrogens with one attached hydrogen (secondary N) is 3. The van der Waals surface area contributed by atoms with Crippen LogP contribution in [0.2, 0.25) is 10.0 Å². The number of aryl methyl sites for hydroxylation is 1. The summed E-state index contributed by atoms with van der Waals surface area (Å²) in [7, 11) is 1.27. The summed E-state index contributed by atoms with van der Waals surface area (Å²) >= 11 is 12.8. The van der Waals surface area contributed by atoms with Crippen molar-refractivity contribution in [2.75, 3.05) is 20.3 Å². The first-order chi connectivity index (χ1) is 21.6. The average molecular weight is 658 g/mol. The van der Waals surface area contributed by atoms with Crippen LogP contribution in [0, 0.1) is 6.92 Å². The number of urea groups is 1. The number of hydrogen-bond donors (Lipinski definition) is 4. The predicted molar refractivity (Wildman–Crippen MR) is 171 cm³/mol. The summed E-state index contributed by atoms with van der Waals surface area (Å²) in [6.07, 6.45) is 0.269. The number of esters is 1. The molecule has 0 saturated heterocycles. The monoisotopic (exact) mass is 656 g/mol. The van der Waals surface area contributed by atoms with Gasteiger partial charge in [0.1, 0.15) is 13.2 Å². The molecule has 0 aromatic heterocycles. The molecule has 13 heteroatoms. The Morgan fingerprint density at radius 1 is 1.04 bits per heavy atom. The summed E-state index contributed by atoms with van der Waals surface area (Å²) in [6, 6.07) is 15.0. The first-order valence-electron chi connectivity index (χ1n) is 14.0. The Morgan fingerprint density at radius 3 is 2.42 bits per heavy atom. The molecule has 0 unspecified atom stereocenters. The lowest BCUT2D eigenvalue weighted by atomic mass is 9.95. The zero-order chi connectivity index (χ0) is 32.5. The number of methoxy groups -OCH3 is 1. The molecule has 0 fully saturated rings. The number of hydrogen-bond acceptors (Lipinski definition) is 9. The van der Waals surface area contributed by atoms with E-state index in [4.69, 9.17) is 42.1 Å². The molecule has 1 aliphatic heterocycles. The smallest absolute Gasteiger partial charge is 0.337 e. The van der Waals surface area contributed by atoms with Crippen molar-refractivity contribution in [1.29, 1.82) is 0 Å². The molecule has 2 amide bonds. The third kappa shape index (κ3) is 8.81. The molecule has 0 spiro atoms. The molecule has 3 aromatic carbocycles. The van der Waals surface area contributed by atoms with Crippen molar-refractivity contribution >= 4 is 41.4 Å². The van der Waals surface area contributed by atoms with E-state index >= 15 is 0 Å². The van der Waals surface area contributed by atoms with Crippen LogP contribution in [0.3, 0.4) is 0 Å². The lowest BCUT2D eigenvalue weighted by Crippen LogP contribution is -2.45. The number of nitrogens with zero attached hydrogens (tertiary/aromatic N) is 1. The van der Waals surface area contributed by atoms with Gasteiger partial charge in [0.25, 0.3) is 0 Å². The highest BCUT2D eigenvalue weighted by atomic mass is 35.5. The van der Waals surface area contributed by atoms with Gasteiger partial charge in [-0.15, -0.1) is 0 Å². The van der Waals surface area contributed by atoms with Gasteiger partial charge in [-0.25, -0.2) is 9.59 Å². The highest BCUT2D eigenvalue weighted by Crippen LogP contribution is 2.36. The highest BCUT2D eigenvalue weighted by molar-refractivity contribution is 6.37. The first kappa shape index (κ1) is 33.4. The zero-order valence-electron chi connectivity index (χ0n) is 25.1. The second-order valence-corrected chi connectivity index (χ2v) is 10.8. The van der Waals surface area contributed by atoms with Crippen LogP contribution in [0.25, 0.3) is 0 Å². The molecule has 11 nitrogen and oxygen atoms in total. The van der Waals surface area contributed by atoms with Crippen molar-refractivity contribution in [2.24, 2.45) is 5.10 Å². The lowest BCUT2D eigenvalue weighted by Gasteiger charge is -2.28. The molecule has 45 heavy (non-hydrogen) atoms. The number of halogens is 2. The fourth-order valence-electron chi connectivity index (χ4n) is 4.45. The van der Waals surface area contributed by atoms with Gasteiger partial charge in [0.15, 0.2) is 23.5 Å². The molecular formula is C32H34Cl2N4O7. The number of carbonyl (C=O) groups is 2. The molecule has 0 aliphatic carbocycles. The number of benzene rings is 3. The SMILES string of the molecule is CCOc1cc([C@H]2NC(=O)NC(C)=C2C(=O)OC)ccc1OC[C@@H](O)N/N=C\c1cc(Cl)c(OCc2ccc(C)cc2)c(Cl)c1. The van der Waals surface area contributed by atoms with Gasteiger partial charge in [-0.3, -0.25) is 5.43 Å². The van der Waals surface area contributed by atoms with E-state index in [1.165, 1.54) is 13.3 Å². The van der Waals surface area contributed by atoms with Gasteiger partial charge >= 0.3 is 12.0 Å². The normalized spacial score (nSPS) is 15.3. The van der Waals surface area contributed by atoms with Crippen molar-refractivity contribution in [3.63, 3.8) is 0 Å². The molecule has 238 valence electrons. The zero-order valence-corrected chi connectivity index (χ0v) is 26.7. The Morgan fingerprint density at radius 2 is 1.76 bits per heavy atom. The van der Waals surface area contributed by atoms with Crippen LogP contribution in [0.5, 0.6) is 17.2 Å². The van der Waals surface area contributed by atoms with E-state index < -0.39 is 24.3 Å². The second-order valence-electron chi connectivity index (χ2n) is 10.0. The van der Waals surface area contributed by atoms with Crippen LogP contribution < -0.4 is 30.3 Å². The Kier molecular flexibility index (Phi) is 11.5. The fourth-order valence-corrected chi connectivity index (χ4v) is 5.06. The van der Waals surface area contributed by atoms with Gasteiger partial charge in [-0.05, 0) is 61.7 Å². The van der Waals surface area contributed by atoms with Gasteiger partial charge in [0, 0.05) is 5.70 Å². The van der Waals surface area contributed by atoms with Crippen LogP contribution in [0.1, 0.15) is 42.1 Å². The number of aliphatic hydroxyl groups is 1. The topological polar surface area (TPSA) is 140 Å². The fraction of sp³-hybridized carbons (Fsp3) is 0.281. The summed E-state index contributed by atoms with van der Waals surface area (Å²) in [5, 5.41) is 20.4. The molecular weight excluding hydrogens is 623 g/mol.